The van der Waals surface area contributed by atoms with Crippen molar-refractivity contribution in [1.82, 2.24) is 25.1 Å². The third kappa shape index (κ3) is 3.10. The van der Waals surface area contributed by atoms with Crippen molar-refractivity contribution >= 4 is 22.8 Å². The van der Waals surface area contributed by atoms with Crippen LogP contribution in [-0.2, 0) is 9.53 Å². The second-order valence-corrected chi connectivity index (χ2v) is 7.78. The van der Waals surface area contributed by atoms with Crippen molar-refractivity contribution in [2.45, 2.75) is 31.7 Å². The van der Waals surface area contributed by atoms with Crippen LogP contribution >= 0.6 is 0 Å². The fourth-order valence-electron chi connectivity index (χ4n) is 4.91. The molecule has 29 heavy (non-hydrogen) atoms. The molecule has 6 rings (SSSR count). The largest absolute Gasteiger partial charge is 0.469 e. The molecule has 0 amide bonds. The first kappa shape index (κ1) is 18.0. The maximum atomic E-state index is 13.6. The Morgan fingerprint density at radius 2 is 2.03 bits per heavy atom. The number of fused-ring (bicyclic) bond motifs is 4. The molecule has 3 aromatic rings. The highest BCUT2D eigenvalue weighted by Gasteiger charge is 2.47. The summed E-state index contributed by atoms with van der Waals surface area (Å²) >= 11 is 0. The fourth-order valence-corrected chi connectivity index (χ4v) is 4.91. The number of carbonyl (C=O) groups is 1. The summed E-state index contributed by atoms with van der Waals surface area (Å²) in [6, 6.07) is 3.12. The van der Waals surface area contributed by atoms with Crippen molar-refractivity contribution < 1.29 is 13.9 Å². The minimum absolute atomic E-state index is 0.0182. The van der Waals surface area contributed by atoms with Crippen LogP contribution in [0.2, 0.25) is 0 Å². The highest BCUT2D eigenvalue weighted by molar-refractivity contribution is 5.88. The summed E-state index contributed by atoms with van der Waals surface area (Å²) in [6.07, 6.45) is 7.09. The summed E-state index contributed by atoms with van der Waals surface area (Å²) < 4.78 is 18.7. The number of hydrogen-bond donors (Lipinski definition) is 2. The first-order valence-electron chi connectivity index (χ1n) is 9.81. The number of H-pyrrole nitrogens is 1. The monoisotopic (exact) mass is 396 g/mol. The molecule has 2 unspecified atom stereocenters. The van der Waals surface area contributed by atoms with Gasteiger partial charge >= 0.3 is 5.97 Å². The van der Waals surface area contributed by atoms with Crippen molar-refractivity contribution in [3.05, 3.63) is 30.3 Å². The molecule has 2 bridgehead atoms. The number of nitrogens with one attached hydrogen (secondary N) is 2. The molecule has 2 N–H and O–H groups in total. The van der Waals surface area contributed by atoms with E-state index in [1.165, 1.54) is 13.2 Å². The smallest absolute Gasteiger partial charge is 0.311 e. The highest BCUT2D eigenvalue weighted by atomic mass is 19.1. The van der Waals surface area contributed by atoms with Crippen LogP contribution in [0.1, 0.15) is 25.7 Å². The Morgan fingerprint density at radius 1 is 1.24 bits per heavy atom. The van der Waals surface area contributed by atoms with Gasteiger partial charge in [-0.1, -0.05) is 0 Å². The lowest BCUT2D eigenvalue weighted by Gasteiger charge is -2.47. The van der Waals surface area contributed by atoms with Crippen LogP contribution < -0.4 is 5.32 Å². The number of aromatic amines is 1. The number of rotatable bonds is 4. The van der Waals surface area contributed by atoms with Crippen LogP contribution in [0.15, 0.2) is 24.5 Å². The molecule has 3 heterocycles. The number of methoxy groups -OCH3 is 1. The number of aromatic nitrogens is 5. The summed E-state index contributed by atoms with van der Waals surface area (Å²) in [5.41, 5.74) is 0.907. The highest BCUT2D eigenvalue weighted by Crippen LogP contribution is 2.46. The number of halogens is 1. The van der Waals surface area contributed by atoms with E-state index in [-0.39, 0.29) is 17.9 Å². The first-order chi connectivity index (χ1) is 14.1. The maximum Gasteiger partial charge on any atom is 0.311 e. The van der Waals surface area contributed by atoms with Crippen LogP contribution in [0.5, 0.6) is 0 Å². The third-order valence-electron chi connectivity index (χ3n) is 6.26. The normalized spacial score (nSPS) is 25.9. The van der Waals surface area contributed by atoms with Crippen molar-refractivity contribution in [3.8, 4) is 11.5 Å². The lowest BCUT2D eigenvalue weighted by atomic mass is 9.61. The minimum atomic E-state index is -0.450. The van der Waals surface area contributed by atoms with E-state index >= 15 is 0 Å². The van der Waals surface area contributed by atoms with Gasteiger partial charge in [-0.15, -0.1) is 0 Å². The van der Waals surface area contributed by atoms with Gasteiger partial charge in [0.2, 0.25) is 0 Å². The lowest BCUT2D eigenvalue weighted by Crippen LogP contribution is -2.51. The molecule has 150 valence electrons. The molecular weight excluding hydrogens is 375 g/mol. The van der Waals surface area contributed by atoms with Gasteiger partial charge in [-0.05, 0) is 49.7 Å². The fraction of sp³-hybridized carbons (Fsp3) is 0.450. The van der Waals surface area contributed by atoms with E-state index < -0.39 is 5.82 Å². The van der Waals surface area contributed by atoms with E-state index in [1.54, 1.807) is 12.3 Å². The summed E-state index contributed by atoms with van der Waals surface area (Å²) in [7, 11) is 1.45. The molecule has 0 aromatic carbocycles. The molecule has 0 radical (unpaired) electrons. The third-order valence-corrected chi connectivity index (χ3v) is 6.26. The average Bonchev–Trinajstić information content (AvgIpc) is 3.17. The minimum Gasteiger partial charge on any atom is -0.469 e. The van der Waals surface area contributed by atoms with Crippen molar-refractivity contribution in [1.29, 1.82) is 0 Å². The second-order valence-electron chi connectivity index (χ2n) is 7.78. The number of anilines is 1. The van der Waals surface area contributed by atoms with Gasteiger partial charge in [0, 0.05) is 12.2 Å². The van der Waals surface area contributed by atoms with Gasteiger partial charge in [0.05, 0.1) is 24.6 Å². The van der Waals surface area contributed by atoms with E-state index in [0.717, 1.165) is 31.9 Å². The van der Waals surface area contributed by atoms with E-state index in [9.17, 15) is 9.18 Å². The zero-order valence-electron chi connectivity index (χ0n) is 15.9. The number of carbonyl (C=O) groups excluding carboxylic acids is 1. The quantitative estimate of drug-likeness (QED) is 0.653. The molecule has 3 aliphatic carbocycles. The van der Waals surface area contributed by atoms with Crippen LogP contribution in [0.4, 0.5) is 10.2 Å². The van der Waals surface area contributed by atoms with Crippen molar-refractivity contribution in [2.24, 2.45) is 17.8 Å². The van der Waals surface area contributed by atoms with Gasteiger partial charge in [-0.2, -0.15) is 5.10 Å². The number of esters is 1. The summed E-state index contributed by atoms with van der Waals surface area (Å²) in [5.74, 6) is 0.984. The lowest BCUT2D eigenvalue weighted by molar-refractivity contribution is -0.152. The van der Waals surface area contributed by atoms with Crippen molar-refractivity contribution in [3.63, 3.8) is 0 Å². The Morgan fingerprint density at radius 3 is 2.83 bits per heavy atom. The van der Waals surface area contributed by atoms with E-state index in [1.807, 2.05) is 0 Å². The number of hydrogen-bond acceptors (Lipinski definition) is 7. The van der Waals surface area contributed by atoms with E-state index in [4.69, 9.17) is 4.74 Å². The number of pyridine rings is 1. The number of ether oxygens (including phenoxy) is 1. The van der Waals surface area contributed by atoms with Crippen LogP contribution in [0.3, 0.4) is 0 Å². The van der Waals surface area contributed by atoms with E-state index in [0.29, 0.717) is 40.2 Å². The van der Waals surface area contributed by atoms with Gasteiger partial charge < -0.3 is 10.1 Å². The van der Waals surface area contributed by atoms with Gasteiger partial charge in [0.15, 0.2) is 11.5 Å². The molecular formula is C20H21FN6O2. The Kier molecular flexibility index (Phi) is 4.37. The zero-order valence-corrected chi connectivity index (χ0v) is 15.9. The maximum absolute atomic E-state index is 13.6. The topological polar surface area (TPSA) is 106 Å². The molecule has 0 aliphatic heterocycles. The average molecular weight is 396 g/mol. The van der Waals surface area contributed by atoms with Crippen molar-refractivity contribution in [2.75, 3.05) is 12.4 Å². The molecule has 0 saturated heterocycles. The Labute approximate surface area is 166 Å². The summed E-state index contributed by atoms with van der Waals surface area (Å²) in [4.78, 5) is 25.3. The van der Waals surface area contributed by atoms with Gasteiger partial charge in [0.1, 0.15) is 17.3 Å². The first-order valence-corrected chi connectivity index (χ1v) is 9.81. The van der Waals surface area contributed by atoms with Gasteiger partial charge in [-0.25, -0.2) is 19.3 Å². The Balaban J connectivity index is 1.46. The summed E-state index contributed by atoms with van der Waals surface area (Å²) in [6.45, 7) is 0. The molecule has 3 aliphatic rings. The van der Waals surface area contributed by atoms with Gasteiger partial charge in [-0.3, -0.25) is 9.89 Å². The molecule has 8 nitrogen and oxygen atoms in total. The molecule has 9 heteroatoms. The Bertz CT molecular complexity index is 1060. The summed E-state index contributed by atoms with van der Waals surface area (Å²) in [5, 5.41) is 10.9. The molecule has 3 saturated carbocycles. The molecule has 3 aromatic heterocycles. The van der Waals surface area contributed by atoms with Crippen LogP contribution in [0, 0.1) is 23.6 Å². The second kappa shape index (κ2) is 7.06. The Hall–Kier alpha value is -3.10. The molecule has 2 atom stereocenters. The molecule has 0 spiro atoms. The standard InChI is InChI=1S/C20H21FN6O2/c1-29-20(28)15-10-2-4-11(5-3-10)16(15)24-14-6-7-22-19(25-14)17-13-8-12(21)9-23-18(13)27-26-17/h6-11,15-16H,2-5H2,1H3,(H,22,24,25)(H,23,26,27). The van der Waals surface area contributed by atoms with Gasteiger partial charge in [0.25, 0.3) is 0 Å². The predicted octanol–water partition coefficient (Wildman–Crippen LogP) is 2.94. The predicted molar refractivity (Wildman–Crippen MR) is 103 cm³/mol. The van der Waals surface area contributed by atoms with Crippen LogP contribution in [0.25, 0.3) is 22.6 Å². The molecule has 3 fully saturated rings. The van der Waals surface area contributed by atoms with E-state index in [2.05, 4.69) is 30.5 Å². The zero-order chi connectivity index (χ0) is 20.0. The van der Waals surface area contributed by atoms with Crippen LogP contribution in [-0.4, -0.2) is 44.3 Å². The number of nitrogens with zero attached hydrogens (tertiary/aromatic N) is 4. The SMILES string of the molecule is COC(=O)C1C2CCC(CC2)C1Nc1ccnc(-c2[nH]nc3ncc(F)cc23)n1.